The van der Waals surface area contributed by atoms with Crippen LogP contribution in [0.3, 0.4) is 0 Å². The largest absolute Gasteiger partial charge is 0.382 e. The number of nitrogens with one attached hydrogen (secondary N) is 2. The Morgan fingerprint density at radius 2 is 2.36 bits per heavy atom. The average molecular weight is 190 g/mol. The lowest BCUT2D eigenvalue weighted by molar-refractivity contribution is 0.634. The van der Waals surface area contributed by atoms with Crippen LogP contribution in [0.15, 0.2) is 18.2 Å². The summed E-state index contributed by atoms with van der Waals surface area (Å²) in [6.45, 7) is 3.28. The first-order chi connectivity index (χ1) is 6.81. The predicted molar refractivity (Wildman–Crippen MR) is 60.8 cm³/mol. The number of benzene rings is 1. The van der Waals surface area contributed by atoms with Crippen LogP contribution in [0.25, 0.3) is 0 Å². The maximum absolute atomic E-state index is 3.57. The Morgan fingerprint density at radius 1 is 1.50 bits per heavy atom. The fourth-order valence-electron chi connectivity index (χ4n) is 2.12. The van der Waals surface area contributed by atoms with Crippen molar-refractivity contribution in [1.82, 2.24) is 5.32 Å². The molecule has 1 heterocycles. The Kier molecular flexibility index (Phi) is 2.73. The maximum atomic E-state index is 3.57. The summed E-state index contributed by atoms with van der Waals surface area (Å²) < 4.78 is 0. The van der Waals surface area contributed by atoms with Gasteiger partial charge in [0.15, 0.2) is 0 Å². The summed E-state index contributed by atoms with van der Waals surface area (Å²) >= 11 is 0. The van der Waals surface area contributed by atoms with E-state index in [2.05, 4.69) is 35.8 Å². The molecule has 1 aromatic rings. The van der Waals surface area contributed by atoms with Crippen molar-refractivity contribution in [3.63, 3.8) is 0 Å². The van der Waals surface area contributed by atoms with Crippen LogP contribution in [0.4, 0.5) is 5.69 Å². The zero-order chi connectivity index (χ0) is 9.97. The molecule has 0 aromatic heterocycles. The van der Waals surface area contributed by atoms with Gasteiger partial charge in [0.1, 0.15) is 0 Å². The zero-order valence-electron chi connectivity index (χ0n) is 8.93. The highest BCUT2D eigenvalue weighted by atomic mass is 15.0. The molecule has 2 heteroatoms. The summed E-state index contributed by atoms with van der Waals surface area (Å²) in [5.74, 6) is 0. The van der Waals surface area contributed by atoms with Gasteiger partial charge in [-0.3, -0.25) is 0 Å². The predicted octanol–water partition coefficient (Wildman–Crippen LogP) is 1.94. The Labute approximate surface area is 85.7 Å². The smallest absolute Gasteiger partial charge is 0.0378 e. The van der Waals surface area contributed by atoms with E-state index < -0.39 is 0 Å². The van der Waals surface area contributed by atoms with Gasteiger partial charge in [0.05, 0.1) is 0 Å². The summed E-state index contributed by atoms with van der Waals surface area (Å²) in [6.07, 6.45) is 2.38. The van der Waals surface area contributed by atoms with Gasteiger partial charge in [-0.05, 0) is 50.6 Å². The standard InChI is InChI=1S/C12H18N2/c1-9-4-3-5-12-11(9)8-10(14-12)6-7-13-2/h3-5,10,13-14H,6-8H2,1-2H3. The molecular formula is C12H18N2. The normalized spacial score (nSPS) is 19.1. The summed E-state index contributed by atoms with van der Waals surface area (Å²) in [7, 11) is 2.01. The Morgan fingerprint density at radius 3 is 3.07 bits per heavy atom. The van der Waals surface area contributed by atoms with E-state index in [4.69, 9.17) is 0 Å². The number of fused-ring (bicyclic) bond motifs is 1. The van der Waals surface area contributed by atoms with Crippen LogP contribution in [0, 0.1) is 6.92 Å². The van der Waals surface area contributed by atoms with Crippen molar-refractivity contribution >= 4 is 5.69 Å². The Balaban J connectivity index is 2.06. The van der Waals surface area contributed by atoms with Crippen molar-refractivity contribution in [2.24, 2.45) is 0 Å². The molecule has 1 atom stereocenters. The molecule has 0 saturated carbocycles. The second-order valence-corrected chi connectivity index (χ2v) is 4.04. The Bertz CT molecular complexity index is 320. The van der Waals surface area contributed by atoms with Crippen molar-refractivity contribution in [2.45, 2.75) is 25.8 Å². The molecule has 0 aliphatic carbocycles. The molecule has 76 valence electrons. The van der Waals surface area contributed by atoms with Crippen molar-refractivity contribution in [3.05, 3.63) is 29.3 Å². The highest BCUT2D eigenvalue weighted by molar-refractivity contribution is 5.59. The van der Waals surface area contributed by atoms with E-state index in [9.17, 15) is 0 Å². The molecule has 2 rings (SSSR count). The van der Waals surface area contributed by atoms with Gasteiger partial charge >= 0.3 is 0 Å². The highest BCUT2D eigenvalue weighted by Gasteiger charge is 2.20. The molecular weight excluding hydrogens is 172 g/mol. The summed E-state index contributed by atoms with van der Waals surface area (Å²) in [4.78, 5) is 0. The van der Waals surface area contributed by atoms with Gasteiger partial charge < -0.3 is 10.6 Å². The highest BCUT2D eigenvalue weighted by Crippen LogP contribution is 2.29. The molecule has 1 unspecified atom stereocenters. The van der Waals surface area contributed by atoms with Crippen LogP contribution >= 0.6 is 0 Å². The van der Waals surface area contributed by atoms with Crippen LogP contribution in [0.2, 0.25) is 0 Å². The molecule has 0 bridgehead atoms. The first kappa shape index (κ1) is 9.53. The Hall–Kier alpha value is -1.02. The first-order valence-corrected chi connectivity index (χ1v) is 5.31. The van der Waals surface area contributed by atoms with Gasteiger partial charge in [0.2, 0.25) is 0 Å². The lowest BCUT2D eigenvalue weighted by atomic mass is 10.0. The minimum absolute atomic E-state index is 0.624. The monoisotopic (exact) mass is 190 g/mol. The fourth-order valence-corrected chi connectivity index (χ4v) is 2.12. The van der Waals surface area contributed by atoms with E-state index in [1.54, 1.807) is 0 Å². The number of anilines is 1. The van der Waals surface area contributed by atoms with Crippen LogP contribution in [-0.4, -0.2) is 19.6 Å². The van der Waals surface area contributed by atoms with Crippen LogP contribution in [0.5, 0.6) is 0 Å². The SMILES string of the molecule is CNCCC1Cc2c(C)cccc2N1. The summed E-state index contributed by atoms with van der Waals surface area (Å²) in [5.41, 5.74) is 4.27. The number of hydrogen-bond acceptors (Lipinski definition) is 2. The molecule has 1 aliphatic rings. The van der Waals surface area contributed by atoms with Gasteiger partial charge in [-0.2, -0.15) is 0 Å². The molecule has 14 heavy (non-hydrogen) atoms. The van der Waals surface area contributed by atoms with Crippen LogP contribution < -0.4 is 10.6 Å². The molecule has 2 N–H and O–H groups in total. The quantitative estimate of drug-likeness (QED) is 0.761. The van der Waals surface area contributed by atoms with Crippen molar-refractivity contribution in [2.75, 3.05) is 18.9 Å². The number of rotatable bonds is 3. The van der Waals surface area contributed by atoms with E-state index in [0.29, 0.717) is 6.04 Å². The van der Waals surface area contributed by atoms with Gasteiger partial charge in [-0.25, -0.2) is 0 Å². The number of hydrogen-bond donors (Lipinski definition) is 2. The second kappa shape index (κ2) is 4.01. The minimum Gasteiger partial charge on any atom is -0.382 e. The first-order valence-electron chi connectivity index (χ1n) is 5.31. The molecule has 0 saturated heterocycles. The summed E-state index contributed by atoms with van der Waals surface area (Å²) in [5, 5.41) is 6.77. The lowest BCUT2D eigenvalue weighted by Crippen LogP contribution is -2.21. The molecule has 0 radical (unpaired) electrons. The zero-order valence-corrected chi connectivity index (χ0v) is 8.93. The van der Waals surface area contributed by atoms with Crippen LogP contribution in [-0.2, 0) is 6.42 Å². The van der Waals surface area contributed by atoms with Crippen molar-refractivity contribution < 1.29 is 0 Å². The third-order valence-electron chi connectivity index (χ3n) is 2.96. The van der Waals surface area contributed by atoms with Gasteiger partial charge in [0.25, 0.3) is 0 Å². The van der Waals surface area contributed by atoms with E-state index in [0.717, 1.165) is 6.54 Å². The third kappa shape index (κ3) is 1.75. The maximum Gasteiger partial charge on any atom is 0.0378 e. The van der Waals surface area contributed by atoms with Crippen molar-refractivity contribution in [3.8, 4) is 0 Å². The van der Waals surface area contributed by atoms with Gasteiger partial charge in [-0.15, -0.1) is 0 Å². The molecule has 1 aliphatic heterocycles. The van der Waals surface area contributed by atoms with Gasteiger partial charge in [0, 0.05) is 11.7 Å². The second-order valence-electron chi connectivity index (χ2n) is 4.04. The average Bonchev–Trinajstić information content (AvgIpc) is 2.59. The molecule has 0 spiro atoms. The number of aryl methyl sites for hydroxylation is 1. The molecule has 0 fully saturated rings. The summed E-state index contributed by atoms with van der Waals surface area (Å²) in [6, 6.07) is 7.13. The van der Waals surface area contributed by atoms with Crippen LogP contribution in [0.1, 0.15) is 17.5 Å². The molecule has 1 aromatic carbocycles. The van der Waals surface area contributed by atoms with Gasteiger partial charge in [-0.1, -0.05) is 12.1 Å². The molecule has 0 amide bonds. The van der Waals surface area contributed by atoms with E-state index >= 15 is 0 Å². The van der Waals surface area contributed by atoms with Crippen molar-refractivity contribution in [1.29, 1.82) is 0 Å². The fraction of sp³-hybridized carbons (Fsp3) is 0.500. The third-order valence-corrected chi connectivity index (χ3v) is 2.96. The van der Waals surface area contributed by atoms with E-state index in [-0.39, 0.29) is 0 Å². The topological polar surface area (TPSA) is 24.1 Å². The molecule has 2 nitrogen and oxygen atoms in total. The minimum atomic E-state index is 0.624. The van der Waals surface area contributed by atoms with E-state index in [1.807, 2.05) is 7.05 Å². The van der Waals surface area contributed by atoms with E-state index in [1.165, 1.54) is 29.7 Å². The lowest BCUT2D eigenvalue weighted by Gasteiger charge is -2.09.